The van der Waals surface area contributed by atoms with E-state index in [1.165, 1.54) is 11.6 Å². The third kappa shape index (κ3) is 2.14. The molecule has 0 unspecified atom stereocenters. The van der Waals surface area contributed by atoms with E-state index in [1.807, 2.05) is 13.8 Å². The molecule has 15 heavy (non-hydrogen) atoms. The van der Waals surface area contributed by atoms with Gasteiger partial charge >= 0.3 is 5.69 Å². The molecule has 0 amide bonds. The third-order valence-electron chi connectivity index (χ3n) is 2.07. The Morgan fingerprint density at radius 3 is 2.40 bits per heavy atom. The van der Waals surface area contributed by atoms with Gasteiger partial charge < -0.3 is 5.73 Å². The molecule has 0 radical (unpaired) electrons. The topological polar surface area (TPSA) is 70.0 Å². The Kier molecular flexibility index (Phi) is 3.38. The van der Waals surface area contributed by atoms with Crippen molar-refractivity contribution < 1.29 is 0 Å². The molecule has 84 valence electrons. The fourth-order valence-electron chi connectivity index (χ4n) is 1.29. The maximum Gasteiger partial charge on any atom is 0.332 e. The Bertz CT molecular complexity index is 487. The van der Waals surface area contributed by atoms with E-state index in [-0.39, 0.29) is 21.9 Å². The molecule has 0 aliphatic rings. The quantitative estimate of drug-likeness (QED) is 0.857. The summed E-state index contributed by atoms with van der Waals surface area (Å²) in [6, 6.07) is 0. The monoisotopic (exact) mass is 275 g/mol. The molecule has 1 aromatic heterocycles. The zero-order chi connectivity index (χ0) is 11.7. The van der Waals surface area contributed by atoms with Gasteiger partial charge in [0.1, 0.15) is 10.3 Å². The van der Waals surface area contributed by atoms with E-state index in [0.29, 0.717) is 6.54 Å². The molecule has 0 aliphatic carbocycles. The summed E-state index contributed by atoms with van der Waals surface area (Å²) in [5.74, 6) is 0.478. The van der Waals surface area contributed by atoms with Crippen LogP contribution in [0.5, 0.6) is 0 Å². The summed E-state index contributed by atoms with van der Waals surface area (Å²) in [5, 5.41) is 0. The number of hydrogen-bond donors (Lipinski definition) is 1. The van der Waals surface area contributed by atoms with Crippen LogP contribution in [0.15, 0.2) is 14.1 Å². The number of halogens is 1. The molecule has 0 spiro atoms. The summed E-state index contributed by atoms with van der Waals surface area (Å²) in [5.41, 5.74) is 4.92. The van der Waals surface area contributed by atoms with Crippen molar-refractivity contribution in [2.75, 3.05) is 5.73 Å². The van der Waals surface area contributed by atoms with Crippen molar-refractivity contribution in [3.05, 3.63) is 25.3 Å². The summed E-state index contributed by atoms with van der Waals surface area (Å²) in [6.45, 7) is 4.45. The van der Waals surface area contributed by atoms with Crippen LogP contribution in [0.2, 0.25) is 0 Å². The molecule has 5 nitrogen and oxygen atoms in total. The van der Waals surface area contributed by atoms with E-state index in [1.54, 1.807) is 0 Å². The van der Waals surface area contributed by atoms with Crippen LogP contribution < -0.4 is 17.0 Å². The molecule has 0 saturated carbocycles. The molecule has 0 saturated heterocycles. The fraction of sp³-hybridized carbons (Fsp3) is 0.556. The van der Waals surface area contributed by atoms with Gasteiger partial charge in [-0.1, -0.05) is 13.8 Å². The number of nitrogen functional groups attached to an aromatic ring is 1. The number of anilines is 1. The smallest absolute Gasteiger partial charge is 0.332 e. The van der Waals surface area contributed by atoms with Crippen molar-refractivity contribution in [2.24, 2.45) is 13.0 Å². The number of nitrogens with two attached hydrogens (primary N) is 1. The molecular weight excluding hydrogens is 262 g/mol. The van der Waals surface area contributed by atoms with Crippen molar-refractivity contribution in [1.82, 2.24) is 9.13 Å². The third-order valence-corrected chi connectivity index (χ3v) is 2.82. The maximum atomic E-state index is 11.7. The predicted molar refractivity (Wildman–Crippen MR) is 62.9 cm³/mol. The first kappa shape index (κ1) is 12.0. The number of hydrogen-bond acceptors (Lipinski definition) is 3. The van der Waals surface area contributed by atoms with E-state index in [2.05, 4.69) is 15.9 Å². The number of nitrogens with zero attached hydrogens (tertiary/aromatic N) is 2. The Hall–Kier alpha value is -1.04. The Labute approximate surface area is 95.6 Å². The van der Waals surface area contributed by atoms with Crippen LogP contribution in [0.25, 0.3) is 0 Å². The molecule has 2 N–H and O–H groups in total. The minimum absolute atomic E-state index is 0.191. The lowest BCUT2D eigenvalue weighted by Crippen LogP contribution is -2.40. The van der Waals surface area contributed by atoms with Crippen LogP contribution in [0.3, 0.4) is 0 Å². The van der Waals surface area contributed by atoms with Crippen LogP contribution in [-0.4, -0.2) is 9.13 Å². The minimum atomic E-state index is -0.405. The summed E-state index contributed by atoms with van der Waals surface area (Å²) < 4.78 is 2.68. The van der Waals surface area contributed by atoms with Crippen LogP contribution in [-0.2, 0) is 13.6 Å². The Morgan fingerprint density at radius 2 is 1.93 bits per heavy atom. The molecule has 6 heteroatoms. The van der Waals surface area contributed by atoms with Gasteiger partial charge in [-0.2, -0.15) is 0 Å². The van der Waals surface area contributed by atoms with Crippen LogP contribution in [0, 0.1) is 5.92 Å². The van der Waals surface area contributed by atoms with Crippen LogP contribution >= 0.6 is 15.9 Å². The lowest BCUT2D eigenvalue weighted by molar-refractivity contribution is 0.492. The van der Waals surface area contributed by atoms with Crippen LogP contribution in [0.1, 0.15) is 13.8 Å². The lowest BCUT2D eigenvalue weighted by Gasteiger charge is -2.14. The second kappa shape index (κ2) is 4.22. The average Bonchev–Trinajstić information content (AvgIpc) is 2.18. The first-order valence-corrected chi connectivity index (χ1v) is 5.40. The van der Waals surface area contributed by atoms with Crippen LogP contribution in [0.4, 0.5) is 5.82 Å². The molecule has 1 heterocycles. The van der Waals surface area contributed by atoms with Gasteiger partial charge in [0, 0.05) is 13.6 Å². The molecule has 0 aromatic carbocycles. The van der Waals surface area contributed by atoms with Crippen molar-refractivity contribution in [3.63, 3.8) is 0 Å². The molecule has 1 aromatic rings. The van der Waals surface area contributed by atoms with Crippen molar-refractivity contribution in [3.8, 4) is 0 Å². The highest BCUT2D eigenvalue weighted by Gasteiger charge is 2.13. The van der Waals surface area contributed by atoms with Gasteiger partial charge in [0.2, 0.25) is 0 Å². The summed E-state index contributed by atoms with van der Waals surface area (Å²) in [4.78, 5) is 23.2. The highest BCUT2D eigenvalue weighted by molar-refractivity contribution is 9.10. The van der Waals surface area contributed by atoms with Gasteiger partial charge in [0.15, 0.2) is 0 Å². The SMILES string of the molecule is CC(C)Cn1c(N)c(Br)c(=O)n(C)c1=O. The molecule has 0 bridgehead atoms. The van der Waals surface area contributed by atoms with Gasteiger partial charge in [0.25, 0.3) is 5.56 Å². The van der Waals surface area contributed by atoms with Gasteiger partial charge in [-0.15, -0.1) is 0 Å². The fourth-order valence-corrected chi connectivity index (χ4v) is 1.77. The second-order valence-electron chi connectivity index (χ2n) is 3.85. The molecule has 0 atom stereocenters. The highest BCUT2D eigenvalue weighted by atomic mass is 79.9. The summed E-state index contributed by atoms with van der Waals surface area (Å²) in [6.07, 6.45) is 0. The van der Waals surface area contributed by atoms with Gasteiger partial charge in [-0.3, -0.25) is 13.9 Å². The largest absolute Gasteiger partial charge is 0.384 e. The lowest BCUT2D eigenvalue weighted by atomic mass is 10.2. The first-order chi connectivity index (χ1) is 6.86. The zero-order valence-electron chi connectivity index (χ0n) is 8.95. The zero-order valence-corrected chi connectivity index (χ0v) is 10.5. The van der Waals surface area contributed by atoms with Crippen molar-refractivity contribution >= 4 is 21.7 Å². The average molecular weight is 276 g/mol. The van der Waals surface area contributed by atoms with Gasteiger partial charge in [-0.05, 0) is 21.8 Å². The number of aromatic nitrogens is 2. The van der Waals surface area contributed by atoms with E-state index < -0.39 is 5.56 Å². The first-order valence-electron chi connectivity index (χ1n) is 4.61. The van der Waals surface area contributed by atoms with Crippen molar-refractivity contribution in [1.29, 1.82) is 0 Å². The van der Waals surface area contributed by atoms with E-state index >= 15 is 0 Å². The predicted octanol–water partition coefficient (Wildman–Crippen LogP) is 0.548. The molecular formula is C9H14BrN3O2. The molecule has 0 fully saturated rings. The second-order valence-corrected chi connectivity index (χ2v) is 4.64. The van der Waals surface area contributed by atoms with E-state index in [0.717, 1.165) is 4.57 Å². The van der Waals surface area contributed by atoms with Gasteiger partial charge in [0.05, 0.1) is 0 Å². The van der Waals surface area contributed by atoms with E-state index in [4.69, 9.17) is 5.73 Å². The number of rotatable bonds is 2. The van der Waals surface area contributed by atoms with Crippen molar-refractivity contribution in [2.45, 2.75) is 20.4 Å². The summed E-state index contributed by atoms with van der Waals surface area (Å²) >= 11 is 3.09. The molecule has 0 aliphatic heterocycles. The summed E-state index contributed by atoms with van der Waals surface area (Å²) in [7, 11) is 1.44. The standard InChI is InChI=1S/C9H14BrN3O2/c1-5(2)4-13-7(11)6(10)8(14)12(3)9(13)15/h5H,4,11H2,1-3H3. The minimum Gasteiger partial charge on any atom is -0.384 e. The maximum absolute atomic E-state index is 11.7. The molecule has 1 rings (SSSR count). The Balaban J connectivity index is 3.53. The normalized spacial score (nSPS) is 11.0. The highest BCUT2D eigenvalue weighted by Crippen LogP contribution is 2.12. The van der Waals surface area contributed by atoms with Gasteiger partial charge in [-0.25, -0.2) is 4.79 Å². The Morgan fingerprint density at radius 1 is 1.40 bits per heavy atom. The van der Waals surface area contributed by atoms with E-state index in [9.17, 15) is 9.59 Å².